The normalized spacial score (nSPS) is 17.6. The van der Waals surface area contributed by atoms with Gasteiger partial charge in [0, 0.05) is 10.9 Å². The van der Waals surface area contributed by atoms with E-state index in [1.165, 1.54) is 11.2 Å². The highest BCUT2D eigenvalue weighted by Crippen LogP contribution is 2.44. The maximum absolute atomic E-state index is 13.5. The van der Waals surface area contributed by atoms with E-state index >= 15 is 0 Å². The fraction of sp³-hybridized carbons (Fsp3) is 0.0345. The first-order chi connectivity index (χ1) is 16.6. The number of hydrogen-bond donors (Lipinski definition) is 1. The summed E-state index contributed by atoms with van der Waals surface area (Å²) < 4.78 is 5.69. The highest BCUT2D eigenvalue weighted by Gasteiger charge is 2.48. The molecule has 0 spiro atoms. The smallest absolute Gasteiger partial charge is 0.300 e. The van der Waals surface area contributed by atoms with Gasteiger partial charge in [-0.1, -0.05) is 78.9 Å². The van der Waals surface area contributed by atoms with Crippen LogP contribution in [0.2, 0.25) is 0 Å². The number of Topliss-reactive ketones (excluding diaryl/α,β-unsaturated/α-hetero) is 1. The Hall–Kier alpha value is -4.64. The topological polar surface area (TPSA) is 70.8 Å². The minimum Gasteiger partial charge on any atom is -0.507 e. The van der Waals surface area contributed by atoms with Crippen LogP contribution >= 0.6 is 0 Å². The predicted molar refractivity (Wildman–Crippen MR) is 131 cm³/mol. The molecule has 34 heavy (non-hydrogen) atoms. The maximum Gasteiger partial charge on any atom is 0.300 e. The first-order valence-electron chi connectivity index (χ1n) is 11.0. The zero-order valence-electron chi connectivity index (χ0n) is 18.0. The molecule has 1 saturated heterocycles. The van der Waals surface area contributed by atoms with Crippen molar-refractivity contribution in [2.24, 2.45) is 0 Å². The van der Waals surface area contributed by atoms with Crippen molar-refractivity contribution in [1.82, 2.24) is 0 Å². The summed E-state index contributed by atoms with van der Waals surface area (Å²) in [6, 6.07) is 28.9. The Bertz CT molecular complexity index is 1600. The van der Waals surface area contributed by atoms with E-state index in [0.29, 0.717) is 17.0 Å². The molecule has 0 saturated carbocycles. The van der Waals surface area contributed by atoms with Crippen LogP contribution in [-0.2, 0) is 9.59 Å². The average Bonchev–Trinajstić information content (AvgIpc) is 3.50. The van der Waals surface area contributed by atoms with Crippen molar-refractivity contribution in [3.63, 3.8) is 0 Å². The third kappa shape index (κ3) is 2.94. The number of anilines is 1. The van der Waals surface area contributed by atoms with Crippen LogP contribution in [0.3, 0.4) is 0 Å². The molecule has 4 aromatic carbocycles. The fourth-order valence-electron chi connectivity index (χ4n) is 4.79. The van der Waals surface area contributed by atoms with Crippen molar-refractivity contribution in [2.75, 3.05) is 4.90 Å². The third-order valence-electron chi connectivity index (χ3n) is 6.33. The number of carbonyl (C=O) groups is 2. The van der Waals surface area contributed by atoms with E-state index < -0.39 is 17.7 Å². The average molecular weight is 445 g/mol. The van der Waals surface area contributed by atoms with Crippen LogP contribution < -0.4 is 4.90 Å². The molecule has 1 unspecified atom stereocenters. The number of carbonyl (C=O) groups excluding carboxylic acids is 2. The van der Waals surface area contributed by atoms with Gasteiger partial charge >= 0.3 is 0 Å². The Morgan fingerprint density at radius 2 is 1.38 bits per heavy atom. The van der Waals surface area contributed by atoms with E-state index in [1.54, 1.807) is 24.3 Å². The highest BCUT2D eigenvalue weighted by atomic mass is 16.3. The Labute approximate surface area is 195 Å². The lowest BCUT2D eigenvalue weighted by molar-refractivity contribution is -0.132. The zero-order valence-corrected chi connectivity index (χ0v) is 18.0. The van der Waals surface area contributed by atoms with Gasteiger partial charge in [-0.3, -0.25) is 14.5 Å². The summed E-state index contributed by atoms with van der Waals surface area (Å²) in [4.78, 5) is 28.3. The van der Waals surface area contributed by atoms with E-state index in [-0.39, 0.29) is 11.3 Å². The van der Waals surface area contributed by atoms with Crippen LogP contribution in [0.15, 0.2) is 113 Å². The van der Waals surface area contributed by atoms with E-state index in [2.05, 4.69) is 0 Å². The zero-order chi connectivity index (χ0) is 23.2. The van der Waals surface area contributed by atoms with Gasteiger partial charge in [0.15, 0.2) is 0 Å². The molecule has 164 valence electrons. The summed E-state index contributed by atoms with van der Waals surface area (Å²) in [6.07, 6.45) is 1.50. The van der Waals surface area contributed by atoms with Crippen LogP contribution in [0.5, 0.6) is 0 Å². The van der Waals surface area contributed by atoms with Gasteiger partial charge < -0.3 is 9.52 Å². The minimum atomic E-state index is -0.903. The number of aliphatic hydroxyl groups excluding tert-OH is 1. The number of ketones is 1. The first kappa shape index (κ1) is 20.0. The quantitative estimate of drug-likeness (QED) is 0.204. The van der Waals surface area contributed by atoms with Gasteiger partial charge in [-0.25, -0.2) is 0 Å². The van der Waals surface area contributed by atoms with Crippen molar-refractivity contribution in [2.45, 2.75) is 6.04 Å². The maximum atomic E-state index is 13.5. The van der Waals surface area contributed by atoms with Crippen molar-refractivity contribution in [3.05, 3.63) is 120 Å². The molecule has 0 radical (unpaired) electrons. The Kier molecular flexibility index (Phi) is 4.56. The number of furan rings is 1. The molecule has 1 fully saturated rings. The van der Waals surface area contributed by atoms with E-state index in [4.69, 9.17) is 4.42 Å². The van der Waals surface area contributed by atoms with Crippen LogP contribution in [0.25, 0.3) is 27.3 Å². The van der Waals surface area contributed by atoms with Gasteiger partial charge in [0.25, 0.3) is 11.7 Å². The van der Waals surface area contributed by atoms with Gasteiger partial charge in [-0.05, 0) is 34.4 Å². The second-order valence-electron chi connectivity index (χ2n) is 8.21. The minimum absolute atomic E-state index is 0.00392. The molecule has 6 rings (SSSR count). The molecule has 1 aliphatic heterocycles. The van der Waals surface area contributed by atoms with Gasteiger partial charge in [0.05, 0.1) is 17.5 Å². The van der Waals surface area contributed by atoms with Crippen molar-refractivity contribution < 1.29 is 19.1 Å². The summed E-state index contributed by atoms with van der Waals surface area (Å²) in [6.45, 7) is 0. The molecule has 1 N–H and O–H groups in total. The van der Waals surface area contributed by atoms with Crippen molar-refractivity contribution >= 4 is 44.7 Å². The molecular weight excluding hydrogens is 426 g/mol. The predicted octanol–water partition coefficient (Wildman–Crippen LogP) is 6.21. The summed E-state index contributed by atoms with van der Waals surface area (Å²) in [5, 5.41) is 15.0. The Balaban J connectivity index is 1.63. The molecule has 5 nitrogen and oxygen atoms in total. The van der Waals surface area contributed by atoms with Gasteiger partial charge in [-0.2, -0.15) is 0 Å². The van der Waals surface area contributed by atoms with E-state index in [9.17, 15) is 14.7 Å². The van der Waals surface area contributed by atoms with Crippen LogP contribution in [-0.4, -0.2) is 16.8 Å². The van der Waals surface area contributed by atoms with Gasteiger partial charge in [0.2, 0.25) is 0 Å². The number of nitrogens with zero attached hydrogens (tertiary/aromatic N) is 1. The second-order valence-corrected chi connectivity index (χ2v) is 8.21. The highest BCUT2D eigenvalue weighted by molar-refractivity contribution is 6.52. The molecule has 0 bridgehead atoms. The van der Waals surface area contributed by atoms with E-state index in [1.807, 2.05) is 72.8 Å². The number of benzene rings is 4. The molecule has 1 atom stereocenters. The second kappa shape index (κ2) is 7.74. The third-order valence-corrected chi connectivity index (χ3v) is 6.33. The van der Waals surface area contributed by atoms with E-state index in [0.717, 1.165) is 21.5 Å². The molecule has 2 heterocycles. The fourth-order valence-corrected chi connectivity index (χ4v) is 4.79. The number of amides is 1. The van der Waals surface area contributed by atoms with Crippen molar-refractivity contribution in [3.8, 4) is 0 Å². The summed E-state index contributed by atoms with van der Waals surface area (Å²) in [7, 11) is 0. The largest absolute Gasteiger partial charge is 0.507 e. The number of hydrogen-bond acceptors (Lipinski definition) is 4. The first-order valence-corrected chi connectivity index (χ1v) is 11.0. The summed E-state index contributed by atoms with van der Waals surface area (Å²) >= 11 is 0. The standard InChI is InChI=1S/C29H19NO4/c31-27(22-14-5-10-18-8-1-3-12-20(18)22)25-26(24-16-7-17-34-24)30(29(33)28(25)32)23-15-6-11-19-9-2-4-13-21(19)23/h1-17,26,31H/b27-25-. The molecule has 1 aliphatic rings. The number of rotatable bonds is 3. The molecule has 5 aromatic rings. The van der Waals surface area contributed by atoms with Gasteiger partial charge in [0.1, 0.15) is 17.6 Å². The molecule has 5 heteroatoms. The number of aliphatic hydroxyl groups is 1. The summed E-state index contributed by atoms with van der Waals surface area (Å²) in [5.41, 5.74) is 1.08. The summed E-state index contributed by atoms with van der Waals surface area (Å²) in [5.74, 6) is -1.28. The Morgan fingerprint density at radius 3 is 2.12 bits per heavy atom. The lowest BCUT2D eigenvalue weighted by Crippen LogP contribution is -2.29. The van der Waals surface area contributed by atoms with Crippen LogP contribution in [0.4, 0.5) is 5.69 Å². The van der Waals surface area contributed by atoms with Crippen molar-refractivity contribution in [1.29, 1.82) is 0 Å². The Morgan fingerprint density at radius 1 is 0.735 bits per heavy atom. The monoisotopic (exact) mass is 445 g/mol. The molecule has 1 amide bonds. The lowest BCUT2D eigenvalue weighted by Gasteiger charge is -2.24. The van der Waals surface area contributed by atoms with Crippen LogP contribution in [0, 0.1) is 0 Å². The SMILES string of the molecule is O=C1C(=O)N(c2cccc3ccccc23)C(c2ccco2)/C1=C(/O)c1cccc2ccccc12. The molecule has 1 aromatic heterocycles. The molecular formula is C29H19NO4. The molecule has 0 aliphatic carbocycles. The van der Waals surface area contributed by atoms with Gasteiger partial charge in [-0.15, -0.1) is 0 Å². The lowest BCUT2D eigenvalue weighted by atomic mass is 9.95. The van der Waals surface area contributed by atoms with Crippen LogP contribution in [0.1, 0.15) is 17.4 Å². The number of fused-ring (bicyclic) bond motifs is 2.